The van der Waals surface area contributed by atoms with Crippen molar-refractivity contribution < 1.29 is 23.1 Å². The van der Waals surface area contributed by atoms with E-state index in [-0.39, 0.29) is 8.21 Å². The second kappa shape index (κ2) is 5.35. The third kappa shape index (κ3) is 3.36. The first-order chi connectivity index (χ1) is 7.57. The van der Waals surface area contributed by atoms with Crippen LogP contribution in [0, 0.1) is 0 Å². The largest absolute Gasteiger partial charge is 0.399 e. The fourth-order valence-electron chi connectivity index (χ4n) is 1.07. The quantitative estimate of drug-likeness (QED) is 0.519. The lowest BCUT2D eigenvalue weighted by Crippen LogP contribution is -2.14. The summed E-state index contributed by atoms with van der Waals surface area (Å²) in [4.78, 5) is 17.2. The van der Waals surface area contributed by atoms with E-state index in [0.717, 1.165) is 6.07 Å². The molecule has 0 unspecified atom stereocenters. The normalized spacial score (nSPS) is 13.2. The molecule has 0 heterocycles. The van der Waals surface area contributed by atoms with Crippen molar-refractivity contribution in [2.75, 3.05) is 0 Å². The van der Waals surface area contributed by atoms with Gasteiger partial charge in [0.2, 0.25) is 0 Å². The van der Waals surface area contributed by atoms with E-state index >= 15 is 0 Å². The zero-order chi connectivity index (χ0) is 13.4. The van der Waals surface area contributed by atoms with Crippen molar-refractivity contribution >= 4 is 55.4 Å². The summed E-state index contributed by atoms with van der Waals surface area (Å²) in [5.41, 5.74) is -4.31. The minimum Gasteiger partial charge on any atom is -0.320 e. The van der Waals surface area contributed by atoms with Gasteiger partial charge in [-0.15, -0.1) is 0 Å². The van der Waals surface area contributed by atoms with Gasteiger partial charge in [-0.1, -0.05) is 59.9 Å². The number of halogens is 5. The highest BCUT2D eigenvalue weighted by molar-refractivity contribution is 9.24. The maximum atomic E-state index is 13.4. The van der Waals surface area contributed by atoms with Gasteiger partial charge in [0.25, 0.3) is 0 Å². The van der Waals surface area contributed by atoms with Crippen LogP contribution in [0.5, 0.6) is 0 Å². The second-order valence-corrected chi connectivity index (χ2v) is 8.69. The predicted molar refractivity (Wildman–Crippen MR) is 70.7 cm³/mol. The van der Waals surface area contributed by atoms with E-state index in [4.69, 9.17) is 9.79 Å². The van der Waals surface area contributed by atoms with E-state index in [2.05, 4.69) is 47.8 Å². The maximum absolute atomic E-state index is 13.4. The van der Waals surface area contributed by atoms with E-state index in [1.54, 1.807) is 0 Å². The number of hydrogen-bond donors (Lipinski definition) is 2. The summed E-state index contributed by atoms with van der Waals surface area (Å²) in [5, 5.41) is 0. The zero-order valence-corrected chi connectivity index (χ0v) is 13.6. The molecule has 96 valence electrons. The van der Waals surface area contributed by atoms with E-state index < -0.39 is 18.8 Å². The summed E-state index contributed by atoms with van der Waals surface area (Å²) < 4.78 is 37.3. The summed E-state index contributed by atoms with van der Waals surface area (Å²) in [5.74, 6) is 0. The fraction of sp³-hybridized carbons (Fsp3) is 0.250. The second-order valence-electron chi connectivity index (χ2n) is 3.13. The molecule has 0 radical (unpaired) electrons. The fourth-order valence-corrected chi connectivity index (χ4v) is 2.94. The van der Waals surface area contributed by atoms with Crippen LogP contribution in [0.3, 0.4) is 0 Å². The molecular formula is C8H6Br3F2O3P. The van der Waals surface area contributed by atoms with Crippen LogP contribution in [-0.4, -0.2) is 9.79 Å². The highest BCUT2D eigenvalue weighted by Gasteiger charge is 2.51. The van der Waals surface area contributed by atoms with Crippen LogP contribution in [0.4, 0.5) is 8.78 Å². The first kappa shape index (κ1) is 15.7. The minimum atomic E-state index is -5.54. The molecule has 0 aliphatic rings. The van der Waals surface area contributed by atoms with Gasteiger partial charge in [-0.2, -0.15) is 8.78 Å². The average molecular weight is 459 g/mol. The molecule has 0 bridgehead atoms. The minimum absolute atomic E-state index is 0.0628. The molecule has 1 aromatic rings. The standard InChI is InChI=1S/C8H6Br3F2O3P/c9-6-3-4(7(10)11)1-2-5(6)8(12,13)17(14,15)16/h1-3,7H,(H2,14,15,16). The Morgan fingerprint density at radius 3 is 2.18 bits per heavy atom. The Bertz CT molecular complexity index is 475. The van der Waals surface area contributed by atoms with Gasteiger partial charge in [0, 0.05) is 10.0 Å². The van der Waals surface area contributed by atoms with Gasteiger partial charge >= 0.3 is 13.3 Å². The molecule has 0 spiro atoms. The highest BCUT2D eigenvalue weighted by atomic mass is 79.9. The van der Waals surface area contributed by atoms with Crippen molar-refractivity contribution in [3.05, 3.63) is 33.8 Å². The summed E-state index contributed by atoms with van der Waals surface area (Å²) >= 11 is 9.25. The molecule has 0 aliphatic carbocycles. The average Bonchev–Trinajstić information content (AvgIpc) is 2.15. The number of benzene rings is 1. The SMILES string of the molecule is O=P(O)(O)C(F)(F)c1ccc(C(Br)Br)cc1Br. The van der Waals surface area contributed by atoms with Crippen LogP contribution in [-0.2, 0) is 10.2 Å². The Balaban J connectivity index is 3.31. The third-order valence-electron chi connectivity index (χ3n) is 1.94. The van der Waals surface area contributed by atoms with Crippen LogP contribution in [0.15, 0.2) is 22.7 Å². The van der Waals surface area contributed by atoms with E-state index in [9.17, 15) is 13.3 Å². The third-order valence-corrected chi connectivity index (χ3v) is 4.62. The number of rotatable bonds is 3. The van der Waals surface area contributed by atoms with Crippen molar-refractivity contribution in [3.8, 4) is 0 Å². The van der Waals surface area contributed by atoms with Gasteiger partial charge in [0.15, 0.2) is 0 Å². The molecule has 0 fully saturated rings. The molecule has 0 amide bonds. The summed E-state index contributed by atoms with van der Waals surface area (Å²) in [6, 6.07) is 3.68. The van der Waals surface area contributed by atoms with E-state index in [1.165, 1.54) is 12.1 Å². The Morgan fingerprint density at radius 2 is 1.82 bits per heavy atom. The van der Waals surface area contributed by atoms with Crippen LogP contribution >= 0.6 is 55.4 Å². The van der Waals surface area contributed by atoms with Crippen molar-refractivity contribution in [1.29, 1.82) is 0 Å². The molecule has 2 N–H and O–H groups in total. The number of hydrogen-bond acceptors (Lipinski definition) is 1. The van der Waals surface area contributed by atoms with E-state index in [1.807, 2.05) is 0 Å². The Hall–Kier alpha value is 0.670. The first-order valence-corrected chi connectivity index (χ1v) is 8.32. The molecule has 1 aromatic carbocycles. The molecule has 0 saturated carbocycles. The van der Waals surface area contributed by atoms with Gasteiger partial charge in [0.05, 0.1) is 3.74 Å². The monoisotopic (exact) mass is 456 g/mol. The molecule has 9 heteroatoms. The van der Waals surface area contributed by atoms with Crippen LogP contribution in [0.2, 0.25) is 0 Å². The first-order valence-electron chi connectivity index (χ1n) is 4.09. The molecule has 0 atom stereocenters. The Kier molecular flexibility index (Phi) is 4.95. The van der Waals surface area contributed by atoms with Gasteiger partial charge < -0.3 is 9.79 Å². The molecule has 0 saturated heterocycles. The molecular weight excluding hydrogens is 453 g/mol. The lowest BCUT2D eigenvalue weighted by molar-refractivity contribution is 0.0557. The van der Waals surface area contributed by atoms with Gasteiger partial charge in [-0.25, -0.2) is 0 Å². The Labute approximate surface area is 121 Å². The summed E-state index contributed by atoms with van der Waals surface area (Å²) in [7, 11) is -5.54. The zero-order valence-electron chi connectivity index (χ0n) is 7.95. The number of alkyl halides is 4. The molecule has 17 heavy (non-hydrogen) atoms. The van der Waals surface area contributed by atoms with Crippen molar-refractivity contribution in [2.45, 2.75) is 9.40 Å². The molecule has 0 aromatic heterocycles. The maximum Gasteiger partial charge on any atom is 0.399 e. The van der Waals surface area contributed by atoms with E-state index in [0.29, 0.717) is 5.56 Å². The summed E-state index contributed by atoms with van der Waals surface area (Å²) in [6.07, 6.45) is 0. The molecule has 3 nitrogen and oxygen atoms in total. The lowest BCUT2D eigenvalue weighted by atomic mass is 10.1. The van der Waals surface area contributed by atoms with Crippen LogP contribution in [0.1, 0.15) is 14.9 Å². The molecule has 1 rings (SSSR count). The van der Waals surface area contributed by atoms with Gasteiger partial charge in [-0.3, -0.25) is 4.57 Å². The molecule has 0 aliphatic heterocycles. The topological polar surface area (TPSA) is 57.5 Å². The van der Waals surface area contributed by atoms with Crippen molar-refractivity contribution in [2.24, 2.45) is 0 Å². The Morgan fingerprint density at radius 1 is 1.29 bits per heavy atom. The van der Waals surface area contributed by atoms with Gasteiger partial charge in [0.1, 0.15) is 0 Å². The summed E-state index contributed by atoms with van der Waals surface area (Å²) in [6.45, 7) is 0. The van der Waals surface area contributed by atoms with Crippen LogP contribution in [0.25, 0.3) is 0 Å². The van der Waals surface area contributed by atoms with Crippen LogP contribution < -0.4 is 0 Å². The van der Waals surface area contributed by atoms with Crippen molar-refractivity contribution in [3.63, 3.8) is 0 Å². The smallest absolute Gasteiger partial charge is 0.320 e. The van der Waals surface area contributed by atoms with Crippen molar-refractivity contribution in [1.82, 2.24) is 0 Å². The lowest BCUT2D eigenvalue weighted by Gasteiger charge is -2.19. The predicted octanol–water partition coefficient (Wildman–Crippen LogP) is 4.46. The van der Waals surface area contributed by atoms with Gasteiger partial charge in [-0.05, 0) is 11.6 Å². The highest BCUT2D eigenvalue weighted by Crippen LogP contribution is 2.60.